The van der Waals surface area contributed by atoms with Crippen molar-refractivity contribution in [2.75, 3.05) is 0 Å². The van der Waals surface area contributed by atoms with Crippen molar-refractivity contribution in [3.05, 3.63) is 35.1 Å². The van der Waals surface area contributed by atoms with Crippen LogP contribution in [0.2, 0.25) is 0 Å². The first-order chi connectivity index (χ1) is 6.15. The molecule has 0 aliphatic heterocycles. The summed E-state index contributed by atoms with van der Waals surface area (Å²) in [6.45, 7) is 1.81. The molecule has 1 unspecified atom stereocenters. The molecule has 1 rings (SSSR count). The molecule has 0 bridgehead atoms. The highest BCUT2D eigenvalue weighted by molar-refractivity contribution is 5.26. The van der Waals surface area contributed by atoms with Gasteiger partial charge < -0.3 is 5.11 Å². The quantitative estimate of drug-likeness (QED) is 0.755. The smallest absolute Gasteiger partial charge is 0.129 e. The minimum atomic E-state index is -1.02. The molecule has 1 atom stereocenters. The molecule has 1 N–H and O–H groups in total. The first-order valence-electron chi connectivity index (χ1n) is 3.96. The molecule has 0 heterocycles. The van der Waals surface area contributed by atoms with Gasteiger partial charge in [0.15, 0.2) is 0 Å². The van der Waals surface area contributed by atoms with Crippen molar-refractivity contribution in [2.45, 2.75) is 19.4 Å². The Balaban J connectivity index is 3.00. The normalized spacial score (nSPS) is 12.2. The molecule has 0 saturated heterocycles. The summed E-state index contributed by atoms with van der Waals surface area (Å²) in [6.07, 6.45) is -1.11. The number of hydrogen-bond acceptors (Lipinski definition) is 2. The summed E-state index contributed by atoms with van der Waals surface area (Å²) in [7, 11) is 0. The molecule has 0 fully saturated rings. The molecule has 0 aromatic heterocycles. The van der Waals surface area contributed by atoms with E-state index in [1.54, 1.807) is 18.2 Å². The van der Waals surface area contributed by atoms with Gasteiger partial charge in [-0.2, -0.15) is 5.26 Å². The highest BCUT2D eigenvalue weighted by Crippen LogP contribution is 2.20. The average molecular weight is 179 g/mol. The Morgan fingerprint density at radius 1 is 1.62 bits per heavy atom. The summed E-state index contributed by atoms with van der Waals surface area (Å²) in [4.78, 5) is 0. The van der Waals surface area contributed by atoms with Crippen molar-refractivity contribution in [3.63, 3.8) is 0 Å². The molecule has 68 valence electrons. The van der Waals surface area contributed by atoms with Gasteiger partial charge in [-0.3, -0.25) is 0 Å². The van der Waals surface area contributed by atoms with Crippen LogP contribution in [0.3, 0.4) is 0 Å². The molecule has 3 heteroatoms. The van der Waals surface area contributed by atoms with E-state index in [0.717, 1.165) is 5.56 Å². The van der Waals surface area contributed by atoms with E-state index in [4.69, 9.17) is 5.26 Å². The second-order valence-corrected chi connectivity index (χ2v) is 2.90. The Hall–Kier alpha value is -1.40. The van der Waals surface area contributed by atoms with Gasteiger partial charge in [-0.15, -0.1) is 0 Å². The third-order valence-corrected chi connectivity index (χ3v) is 1.80. The standard InChI is InChI=1S/C10H10FNO/c1-7-2-3-9(11)8(6-7)10(13)4-5-12/h2-3,6,10,13H,4H2,1H3. The van der Waals surface area contributed by atoms with Gasteiger partial charge in [0.1, 0.15) is 5.82 Å². The van der Waals surface area contributed by atoms with E-state index in [1.165, 1.54) is 6.07 Å². The van der Waals surface area contributed by atoms with Crippen LogP contribution in [0.5, 0.6) is 0 Å². The summed E-state index contributed by atoms with van der Waals surface area (Å²) in [6, 6.07) is 6.27. The first kappa shape index (κ1) is 9.69. The van der Waals surface area contributed by atoms with E-state index in [0.29, 0.717) is 0 Å². The van der Waals surface area contributed by atoms with Crippen molar-refractivity contribution >= 4 is 0 Å². The van der Waals surface area contributed by atoms with E-state index in [2.05, 4.69) is 0 Å². The summed E-state index contributed by atoms with van der Waals surface area (Å²) >= 11 is 0. The maximum atomic E-state index is 13.1. The Bertz CT molecular complexity index is 343. The Morgan fingerprint density at radius 2 is 2.31 bits per heavy atom. The Morgan fingerprint density at radius 3 is 2.92 bits per heavy atom. The van der Waals surface area contributed by atoms with Gasteiger partial charge in [-0.25, -0.2) is 4.39 Å². The van der Waals surface area contributed by atoms with Gasteiger partial charge in [0.25, 0.3) is 0 Å². The lowest BCUT2D eigenvalue weighted by Gasteiger charge is -2.08. The maximum Gasteiger partial charge on any atom is 0.129 e. The molecule has 1 aromatic rings. The molecule has 13 heavy (non-hydrogen) atoms. The van der Waals surface area contributed by atoms with Crippen LogP contribution in [0.25, 0.3) is 0 Å². The van der Waals surface area contributed by atoms with Gasteiger partial charge in [-0.05, 0) is 13.0 Å². The van der Waals surface area contributed by atoms with E-state index in [1.807, 2.05) is 6.92 Å². The lowest BCUT2D eigenvalue weighted by molar-refractivity contribution is 0.178. The summed E-state index contributed by atoms with van der Waals surface area (Å²) < 4.78 is 13.1. The molecule has 0 saturated carbocycles. The van der Waals surface area contributed by atoms with Gasteiger partial charge in [-0.1, -0.05) is 17.7 Å². The number of hydrogen-bond donors (Lipinski definition) is 1. The predicted octanol–water partition coefficient (Wildman–Crippen LogP) is 2.08. The highest BCUT2D eigenvalue weighted by Gasteiger charge is 2.11. The molecule has 0 aliphatic carbocycles. The molecule has 2 nitrogen and oxygen atoms in total. The van der Waals surface area contributed by atoms with Crippen LogP contribution >= 0.6 is 0 Å². The molecular weight excluding hydrogens is 169 g/mol. The van der Waals surface area contributed by atoms with Crippen LogP contribution in [0.15, 0.2) is 18.2 Å². The first-order valence-corrected chi connectivity index (χ1v) is 3.96. The predicted molar refractivity (Wildman–Crippen MR) is 46.3 cm³/mol. The van der Waals surface area contributed by atoms with Gasteiger partial charge in [0, 0.05) is 5.56 Å². The van der Waals surface area contributed by atoms with Crippen LogP contribution in [0.1, 0.15) is 23.7 Å². The zero-order chi connectivity index (χ0) is 9.84. The Kier molecular flexibility index (Phi) is 2.99. The van der Waals surface area contributed by atoms with Crippen molar-refractivity contribution < 1.29 is 9.50 Å². The summed E-state index contributed by atoms with van der Waals surface area (Å²) in [5, 5.41) is 17.7. The van der Waals surface area contributed by atoms with E-state index < -0.39 is 11.9 Å². The van der Waals surface area contributed by atoms with Crippen molar-refractivity contribution in [1.82, 2.24) is 0 Å². The van der Waals surface area contributed by atoms with E-state index >= 15 is 0 Å². The fourth-order valence-corrected chi connectivity index (χ4v) is 1.11. The zero-order valence-electron chi connectivity index (χ0n) is 7.29. The van der Waals surface area contributed by atoms with Crippen molar-refractivity contribution in [1.29, 1.82) is 5.26 Å². The van der Waals surface area contributed by atoms with E-state index in [-0.39, 0.29) is 12.0 Å². The molecule has 1 aromatic carbocycles. The molecular formula is C10H10FNO. The highest BCUT2D eigenvalue weighted by atomic mass is 19.1. The maximum absolute atomic E-state index is 13.1. The van der Waals surface area contributed by atoms with Gasteiger partial charge in [0.2, 0.25) is 0 Å². The Labute approximate surface area is 76.2 Å². The zero-order valence-corrected chi connectivity index (χ0v) is 7.29. The molecule has 0 aliphatic rings. The van der Waals surface area contributed by atoms with Crippen LogP contribution in [-0.2, 0) is 0 Å². The number of aliphatic hydroxyl groups excluding tert-OH is 1. The molecule has 0 spiro atoms. The molecule has 0 radical (unpaired) electrons. The fourth-order valence-electron chi connectivity index (χ4n) is 1.11. The lowest BCUT2D eigenvalue weighted by Crippen LogP contribution is -1.99. The van der Waals surface area contributed by atoms with Gasteiger partial charge in [0.05, 0.1) is 18.6 Å². The van der Waals surface area contributed by atoms with E-state index in [9.17, 15) is 9.50 Å². The lowest BCUT2D eigenvalue weighted by atomic mass is 10.0. The number of aliphatic hydroxyl groups is 1. The second kappa shape index (κ2) is 4.01. The minimum absolute atomic E-state index is 0.0830. The number of aryl methyl sites for hydroxylation is 1. The number of benzene rings is 1. The van der Waals surface area contributed by atoms with Gasteiger partial charge >= 0.3 is 0 Å². The number of nitriles is 1. The minimum Gasteiger partial charge on any atom is -0.387 e. The third-order valence-electron chi connectivity index (χ3n) is 1.80. The monoisotopic (exact) mass is 179 g/mol. The second-order valence-electron chi connectivity index (χ2n) is 2.90. The van der Waals surface area contributed by atoms with Crippen molar-refractivity contribution in [2.24, 2.45) is 0 Å². The van der Waals surface area contributed by atoms with Crippen LogP contribution in [0, 0.1) is 24.1 Å². The van der Waals surface area contributed by atoms with Crippen LogP contribution < -0.4 is 0 Å². The molecule has 0 amide bonds. The van der Waals surface area contributed by atoms with Crippen molar-refractivity contribution in [3.8, 4) is 6.07 Å². The SMILES string of the molecule is Cc1ccc(F)c(C(O)CC#N)c1. The largest absolute Gasteiger partial charge is 0.387 e. The number of nitrogens with zero attached hydrogens (tertiary/aromatic N) is 1. The summed E-state index contributed by atoms with van der Waals surface area (Å²) in [5.74, 6) is -0.464. The van der Waals surface area contributed by atoms with Crippen LogP contribution in [-0.4, -0.2) is 5.11 Å². The third kappa shape index (κ3) is 2.27. The fraction of sp³-hybridized carbons (Fsp3) is 0.300. The topological polar surface area (TPSA) is 44.0 Å². The number of halogens is 1. The summed E-state index contributed by atoms with van der Waals surface area (Å²) in [5.41, 5.74) is 1.06. The number of rotatable bonds is 2. The van der Waals surface area contributed by atoms with Crippen LogP contribution in [0.4, 0.5) is 4.39 Å². The average Bonchev–Trinajstić information content (AvgIpc) is 2.09.